The predicted octanol–water partition coefficient (Wildman–Crippen LogP) is 2.28. The second kappa shape index (κ2) is 5.61. The predicted molar refractivity (Wildman–Crippen MR) is 71.3 cm³/mol. The average molecular weight is 277 g/mol. The van der Waals surface area contributed by atoms with Gasteiger partial charge in [0.05, 0.1) is 11.0 Å². The van der Waals surface area contributed by atoms with Crippen LogP contribution in [-0.2, 0) is 0 Å². The van der Waals surface area contributed by atoms with E-state index in [0.29, 0.717) is 16.0 Å². The molecule has 2 heterocycles. The molecule has 0 saturated carbocycles. The highest BCUT2D eigenvalue weighted by molar-refractivity contribution is 7.99. The van der Waals surface area contributed by atoms with Gasteiger partial charge < -0.3 is 5.32 Å². The summed E-state index contributed by atoms with van der Waals surface area (Å²) in [5.41, 5.74) is 0.811. The van der Waals surface area contributed by atoms with Crippen molar-refractivity contribution in [2.24, 2.45) is 0 Å². The molecule has 0 radical (unpaired) electrons. The SMILES string of the molecule is CNc1cc([N+](=O)[O-])cc(Sc2nccc(C)n2)n1. The van der Waals surface area contributed by atoms with Crippen LogP contribution in [-0.4, -0.2) is 26.9 Å². The zero-order valence-electron chi connectivity index (χ0n) is 10.3. The molecule has 0 spiro atoms. The Morgan fingerprint density at radius 2 is 2.16 bits per heavy atom. The first-order valence-electron chi connectivity index (χ1n) is 5.40. The molecule has 2 aromatic rings. The second-order valence-electron chi connectivity index (χ2n) is 3.64. The van der Waals surface area contributed by atoms with E-state index in [2.05, 4.69) is 20.3 Å². The van der Waals surface area contributed by atoms with E-state index in [-0.39, 0.29) is 5.69 Å². The molecule has 0 aliphatic carbocycles. The van der Waals surface area contributed by atoms with E-state index >= 15 is 0 Å². The number of nitrogens with one attached hydrogen (secondary N) is 1. The van der Waals surface area contributed by atoms with Gasteiger partial charge in [0, 0.05) is 25.0 Å². The Morgan fingerprint density at radius 1 is 1.37 bits per heavy atom. The van der Waals surface area contributed by atoms with Gasteiger partial charge in [0.25, 0.3) is 5.69 Å². The van der Waals surface area contributed by atoms with E-state index < -0.39 is 4.92 Å². The molecule has 0 aliphatic heterocycles. The van der Waals surface area contributed by atoms with Crippen LogP contribution in [0, 0.1) is 17.0 Å². The van der Waals surface area contributed by atoms with E-state index in [9.17, 15) is 10.1 Å². The van der Waals surface area contributed by atoms with Crippen molar-refractivity contribution < 1.29 is 4.92 Å². The minimum absolute atomic E-state index is 0.0190. The third-order valence-corrected chi connectivity index (χ3v) is 3.02. The first-order valence-corrected chi connectivity index (χ1v) is 6.22. The van der Waals surface area contributed by atoms with Gasteiger partial charge in [-0.3, -0.25) is 10.1 Å². The summed E-state index contributed by atoms with van der Waals surface area (Å²) >= 11 is 1.19. The first kappa shape index (κ1) is 13.2. The van der Waals surface area contributed by atoms with Crippen LogP contribution >= 0.6 is 11.8 Å². The van der Waals surface area contributed by atoms with Crippen LogP contribution in [0.25, 0.3) is 0 Å². The average Bonchev–Trinajstić information content (AvgIpc) is 2.38. The summed E-state index contributed by atoms with van der Waals surface area (Å²) in [5.74, 6) is 0.435. The maximum absolute atomic E-state index is 10.8. The van der Waals surface area contributed by atoms with Crippen molar-refractivity contribution >= 4 is 23.3 Å². The van der Waals surface area contributed by atoms with Crippen molar-refractivity contribution in [3.63, 3.8) is 0 Å². The lowest BCUT2D eigenvalue weighted by Crippen LogP contribution is -1.97. The summed E-state index contributed by atoms with van der Waals surface area (Å²) in [4.78, 5) is 22.9. The van der Waals surface area contributed by atoms with E-state index in [1.54, 1.807) is 19.3 Å². The van der Waals surface area contributed by atoms with Gasteiger partial charge in [0.1, 0.15) is 10.8 Å². The molecular weight excluding hydrogens is 266 g/mol. The van der Waals surface area contributed by atoms with Gasteiger partial charge in [-0.15, -0.1) is 0 Å². The third kappa shape index (κ3) is 3.38. The number of aryl methyl sites for hydroxylation is 1. The van der Waals surface area contributed by atoms with Crippen molar-refractivity contribution in [1.29, 1.82) is 0 Å². The third-order valence-electron chi connectivity index (χ3n) is 2.22. The van der Waals surface area contributed by atoms with Crippen LogP contribution in [0.4, 0.5) is 11.5 Å². The molecule has 2 rings (SSSR count). The maximum atomic E-state index is 10.8. The second-order valence-corrected chi connectivity index (χ2v) is 4.63. The minimum Gasteiger partial charge on any atom is -0.373 e. The molecule has 0 fully saturated rings. The molecule has 8 heteroatoms. The van der Waals surface area contributed by atoms with Gasteiger partial charge in [-0.1, -0.05) is 0 Å². The molecule has 0 aliphatic rings. The zero-order chi connectivity index (χ0) is 13.8. The fourth-order valence-electron chi connectivity index (χ4n) is 1.35. The monoisotopic (exact) mass is 277 g/mol. The molecule has 19 heavy (non-hydrogen) atoms. The number of nitro groups is 1. The summed E-state index contributed by atoms with van der Waals surface area (Å²) in [7, 11) is 1.66. The van der Waals surface area contributed by atoms with E-state index in [0.717, 1.165) is 5.69 Å². The molecule has 0 saturated heterocycles. The number of rotatable bonds is 4. The standard InChI is InChI=1S/C11H11N5O2S/c1-7-3-4-13-11(14-7)19-10-6-8(16(17)18)5-9(12-2)15-10/h3-6H,1-2H3,(H,12,15). The fraction of sp³-hybridized carbons (Fsp3) is 0.182. The number of aromatic nitrogens is 3. The smallest absolute Gasteiger partial charge is 0.275 e. The Morgan fingerprint density at radius 3 is 2.79 bits per heavy atom. The Kier molecular flexibility index (Phi) is 3.91. The van der Waals surface area contributed by atoms with Crippen LogP contribution in [0.2, 0.25) is 0 Å². The quantitative estimate of drug-likeness (QED) is 0.520. The van der Waals surface area contributed by atoms with Crippen molar-refractivity contribution in [2.45, 2.75) is 17.1 Å². The highest BCUT2D eigenvalue weighted by Crippen LogP contribution is 2.28. The molecule has 0 amide bonds. The molecular formula is C11H11N5O2S. The molecule has 98 valence electrons. The van der Waals surface area contributed by atoms with Crippen molar-refractivity contribution in [1.82, 2.24) is 15.0 Å². The Hall–Kier alpha value is -2.22. The fourth-order valence-corrected chi connectivity index (χ4v) is 2.16. The Bertz CT molecular complexity index is 620. The van der Waals surface area contributed by atoms with Crippen LogP contribution in [0.5, 0.6) is 0 Å². The topological polar surface area (TPSA) is 93.8 Å². The number of pyridine rings is 1. The minimum atomic E-state index is -0.455. The molecule has 0 unspecified atom stereocenters. The highest BCUT2D eigenvalue weighted by atomic mass is 32.2. The molecule has 1 N–H and O–H groups in total. The van der Waals surface area contributed by atoms with E-state index in [1.807, 2.05) is 6.92 Å². The first-order chi connectivity index (χ1) is 9.08. The van der Waals surface area contributed by atoms with Gasteiger partial charge >= 0.3 is 0 Å². The van der Waals surface area contributed by atoms with Crippen molar-refractivity contribution in [3.05, 3.63) is 40.2 Å². The summed E-state index contributed by atoms with van der Waals surface area (Å²) in [6, 6.07) is 4.56. The number of hydrogen-bond acceptors (Lipinski definition) is 7. The number of nitrogens with zero attached hydrogens (tertiary/aromatic N) is 4. The lowest BCUT2D eigenvalue weighted by molar-refractivity contribution is -0.385. The van der Waals surface area contributed by atoms with Gasteiger partial charge in [-0.2, -0.15) is 0 Å². The molecule has 0 atom stereocenters. The Labute approximate surface area is 113 Å². The molecule has 0 aromatic carbocycles. The van der Waals surface area contributed by atoms with Crippen LogP contribution < -0.4 is 5.32 Å². The Balaban J connectivity index is 2.34. The molecule has 2 aromatic heterocycles. The molecule has 7 nitrogen and oxygen atoms in total. The lowest BCUT2D eigenvalue weighted by Gasteiger charge is -2.03. The van der Waals surface area contributed by atoms with Gasteiger partial charge in [0.15, 0.2) is 5.16 Å². The summed E-state index contributed by atoms with van der Waals surface area (Å²) in [5, 5.41) is 14.6. The van der Waals surface area contributed by atoms with Gasteiger partial charge in [-0.05, 0) is 24.8 Å². The summed E-state index contributed by atoms with van der Waals surface area (Å²) in [6.45, 7) is 1.85. The van der Waals surface area contributed by atoms with Crippen LogP contribution in [0.3, 0.4) is 0 Å². The summed E-state index contributed by atoms with van der Waals surface area (Å²) in [6.07, 6.45) is 1.64. The number of hydrogen-bond donors (Lipinski definition) is 1. The highest BCUT2D eigenvalue weighted by Gasteiger charge is 2.12. The lowest BCUT2D eigenvalue weighted by atomic mass is 10.4. The van der Waals surface area contributed by atoms with Crippen LogP contribution in [0.1, 0.15) is 5.69 Å². The van der Waals surface area contributed by atoms with E-state index in [4.69, 9.17) is 0 Å². The zero-order valence-corrected chi connectivity index (χ0v) is 11.1. The summed E-state index contributed by atoms with van der Waals surface area (Å²) < 4.78 is 0. The van der Waals surface area contributed by atoms with Gasteiger partial charge in [-0.25, -0.2) is 15.0 Å². The number of anilines is 1. The van der Waals surface area contributed by atoms with Crippen molar-refractivity contribution in [3.8, 4) is 0 Å². The van der Waals surface area contributed by atoms with Crippen molar-refractivity contribution in [2.75, 3.05) is 12.4 Å². The normalized spacial score (nSPS) is 10.2. The van der Waals surface area contributed by atoms with Crippen LogP contribution in [0.15, 0.2) is 34.6 Å². The molecule has 0 bridgehead atoms. The largest absolute Gasteiger partial charge is 0.373 e. The van der Waals surface area contributed by atoms with E-state index in [1.165, 1.54) is 23.9 Å². The maximum Gasteiger partial charge on any atom is 0.275 e. The van der Waals surface area contributed by atoms with Gasteiger partial charge in [0.2, 0.25) is 0 Å².